The standard InChI is InChI=1S/C20H22ClN5/c1-4-14(3)23-20-25-18(15-6-5-9-22-12-15)11-19(26-20)24-17-8-7-13(2)10-16(17)21/h5-12,14H,4H2,1-3H3,(H2,23,24,25,26)/t14-/m0/s1. The largest absolute Gasteiger partial charge is 0.352 e. The Morgan fingerprint density at radius 1 is 1.15 bits per heavy atom. The SMILES string of the molecule is CC[C@H](C)Nc1nc(Nc2ccc(C)cc2Cl)cc(-c2cccnc2)n1. The van der Waals surface area contributed by atoms with E-state index >= 15 is 0 Å². The quantitative estimate of drug-likeness (QED) is 0.606. The Bertz CT molecular complexity index is 883. The highest BCUT2D eigenvalue weighted by Crippen LogP contribution is 2.28. The van der Waals surface area contributed by atoms with Crippen LogP contribution in [0.15, 0.2) is 48.8 Å². The molecule has 0 saturated heterocycles. The summed E-state index contributed by atoms with van der Waals surface area (Å²) in [6.45, 7) is 6.23. The predicted octanol–water partition coefficient (Wildman–Crippen LogP) is 5.45. The molecule has 0 spiro atoms. The van der Waals surface area contributed by atoms with E-state index in [-0.39, 0.29) is 6.04 Å². The molecule has 134 valence electrons. The smallest absolute Gasteiger partial charge is 0.225 e. The fraction of sp³-hybridized carbons (Fsp3) is 0.250. The first kappa shape index (κ1) is 18.1. The van der Waals surface area contributed by atoms with Crippen molar-refractivity contribution in [1.29, 1.82) is 0 Å². The first-order chi connectivity index (χ1) is 12.5. The summed E-state index contributed by atoms with van der Waals surface area (Å²) in [5.41, 5.74) is 3.64. The molecule has 0 bridgehead atoms. The third-order valence-corrected chi connectivity index (χ3v) is 4.37. The second kappa shape index (κ2) is 8.15. The van der Waals surface area contributed by atoms with Gasteiger partial charge in [-0.15, -0.1) is 0 Å². The molecular weight excluding hydrogens is 346 g/mol. The van der Waals surface area contributed by atoms with Gasteiger partial charge in [-0.05, 0) is 50.1 Å². The van der Waals surface area contributed by atoms with E-state index in [4.69, 9.17) is 11.6 Å². The van der Waals surface area contributed by atoms with E-state index < -0.39 is 0 Å². The summed E-state index contributed by atoms with van der Waals surface area (Å²) in [5.74, 6) is 1.25. The number of hydrogen-bond donors (Lipinski definition) is 2. The van der Waals surface area contributed by atoms with Crippen molar-refractivity contribution in [2.24, 2.45) is 0 Å². The van der Waals surface area contributed by atoms with E-state index in [2.05, 4.69) is 39.4 Å². The molecule has 5 nitrogen and oxygen atoms in total. The van der Waals surface area contributed by atoms with Crippen molar-refractivity contribution in [2.45, 2.75) is 33.2 Å². The summed E-state index contributed by atoms with van der Waals surface area (Å²) in [5, 5.41) is 7.29. The van der Waals surface area contributed by atoms with Gasteiger partial charge in [0.15, 0.2) is 0 Å². The summed E-state index contributed by atoms with van der Waals surface area (Å²) in [6.07, 6.45) is 4.51. The molecule has 0 saturated carbocycles. The summed E-state index contributed by atoms with van der Waals surface area (Å²) >= 11 is 6.35. The zero-order valence-electron chi connectivity index (χ0n) is 15.1. The summed E-state index contributed by atoms with van der Waals surface area (Å²) in [6, 6.07) is 11.9. The Morgan fingerprint density at radius 3 is 2.69 bits per heavy atom. The molecule has 0 amide bonds. The molecule has 0 aliphatic carbocycles. The van der Waals surface area contributed by atoms with E-state index in [0.29, 0.717) is 16.8 Å². The molecule has 0 fully saturated rings. The van der Waals surface area contributed by atoms with Crippen LogP contribution < -0.4 is 10.6 Å². The Labute approximate surface area is 158 Å². The topological polar surface area (TPSA) is 62.7 Å². The van der Waals surface area contributed by atoms with Crippen molar-refractivity contribution in [3.63, 3.8) is 0 Å². The number of aromatic nitrogens is 3. The van der Waals surface area contributed by atoms with Crippen molar-refractivity contribution in [3.8, 4) is 11.3 Å². The first-order valence-electron chi connectivity index (χ1n) is 8.64. The van der Waals surface area contributed by atoms with Gasteiger partial charge in [0.1, 0.15) is 5.82 Å². The fourth-order valence-electron chi connectivity index (χ4n) is 2.42. The second-order valence-electron chi connectivity index (χ2n) is 6.27. The van der Waals surface area contributed by atoms with E-state index in [0.717, 1.165) is 28.9 Å². The fourth-order valence-corrected chi connectivity index (χ4v) is 2.70. The first-order valence-corrected chi connectivity index (χ1v) is 9.02. The summed E-state index contributed by atoms with van der Waals surface area (Å²) in [4.78, 5) is 13.4. The molecule has 0 aliphatic heterocycles. The Balaban J connectivity index is 1.98. The number of halogens is 1. The molecule has 6 heteroatoms. The highest BCUT2D eigenvalue weighted by molar-refractivity contribution is 6.33. The second-order valence-corrected chi connectivity index (χ2v) is 6.67. The molecule has 3 rings (SSSR count). The Morgan fingerprint density at radius 2 is 2.00 bits per heavy atom. The van der Waals surface area contributed by atoms with Gasteiger partial charge in [-0.3, -0.25) is 4.98 Å². The van der Waals surface area contributed by atoms with Crippen LogP contribution in [-0.2, 0) is 0 Å². The van der Waals surface area contributed by atoms with E-state index in [1.807, 2.05) is 43.3 Å². The van der Waals surface area contributed by atoms with Crippen molar-refractivity contribution in [1.82, 2.24) is 15.0 Å². The minimum Gasteiger partial charge on any atom is -0.352 e. The molecule has 0 unspecified atom stereocenters. The van der Waals surface area contributed by atoms with Crippen LogP contribution in [0.3, 0.4) is 0 Å². The molecule has 0 radical (unpaired) electrons. The van der Waals surface area contributed by atoms with Gasteiger partial charge >= 0.3 is 0 Å². The lowest BCUT2D eigenvalue weighted by Crippen LogP contribution is -2.16. The summed E-state index contributed by atoms with van der Waals surface area (Å²) in [7, 11) is 0. The maximum atomic E-state index is 6.35. The molecule has 1 aromatic carbocycles. The number of nitrogens with zero attached hydrogens (tertiary/aromatic N) is 3. The van der Waals surface area contributed by atoms with E-state index in [1.165, 1.54) is 0 Å². The average molecular weight is 368 g/mol. The molecular formula is C20H22ClN5. The highest BCUT2D eigenvalue weighted by atomic mass is 35.5. The number of hydrogen-bond acceptors (Lipinski definition) is 5. The number of rotatable bonds is 6. The van der Waals surface area contributed by atoms with Crippen molar-refractivity contribution < 1.29 is 0 Å². The van der Waals surface area contributed by atoms with Gasteiger partial charge in [-0.1, -0.05) is 24.6 Å². The predicted molar refractivity (Wildman–Crippen MR) is 108 cm³/mol. The molecule has 26 heavy (non-hydrogen) atoms. The van der Waals surface area contributed by atoms with Crippen molar-refractivity contribution in [2.75, 3.05) is 10.6 Å². The van der Waals surface area contributed by atoms with Gasteiger partial charge in [-0.2, -0.15) is 4.98 Å². The number of aryl methyl sites for hydroxylation is 1. The maximum absolute atomic E-state index is 6.35. The van der Waals surface area contributed by atoms with Crippen LogP contribution in [0.2, 0.25) is 5.02 Å². The van der Waals surface area contributed by atoms with E-state index in [1.54, 1.807) is 12.4 Å². The van der Waals surface area contributed by atoms with Gasteiger partial charge < -0.3 is 10.6 Å². The zero-order chi connectivity index (χ0) is 18.5. The highest BCUT2D eigenvalue weighted by Gasteiger charge is 2.10. The maximum Gasteiger partial charge on any atom is 0.225 e. The Hall–Kier alpha value is -2.66. The minimum absolute atomic E-state index is 0.273. The van der Waals surface area contributed by atoms with Crippen LogP contribution in [0.5, 0.6) is 0 Å². The van der Waals surface area contributed by atoms with Crippen LogP contribution in [0.4, 0.5) is 17.5 Å². The molecule has 2 heterocycles. The van der Waals surface area contributed by atoms with Gasteiger partial charge in [0.05, 0.1) is 16.4 Å². The Kier molecular flexibility index (Phi) is 5.68. The molecule has 0 aliphatic rings. The van der Waals surface area contributed by atoms with Crippen molar-refractivity contribution in [3.05, 3.63) is 59.4 Å². The van der Waals surface area contributed by atoms with Gasteiger partial charge in [0.25, 0.3) is 0 Å². The van der Waals surface area contributed by atoms with Gasteiger partial charge in [-0.25, -0.2) is 4.98 Å². The average Bonchev–Trinajstić information content (AvgIpc) is 2.64. The lowest BCUT2D eigenvalue weighted by atomic mass is 10.2. The molecule has 1 atom stereocenters. The van der Waals surface area contributed by atoms with Gasteiger partial charge in [0, 0.05) is 30.1 Å². The van der Waals surface area contributed by atoms with Crippen LogP contribution in [-0.4, -0.2) is 21.0 Å². The monoisotopic (exact) mass is 367 g/mol. The number of nitrogens with one attached hydrogen (secondary N) is 2. The number of benzene rings is 1. The lowest BCUT2D eigenvalue weighted by molar-refractivity contribution is 0.753. The minimum atomic E-state index is 0.273. The molecule has 2 aromatic heterocycles. The van der Waals surface area contributed by atoms with Crippen LogP contribution in [0, 0.1) is 6.92 Å². The normalized spacial score (nSPS) is 11.8. The third kappa shape index (κ3) is 4.49. The summed E-state index contributed by atoms with van der Waals surface area (Å²) < 4.78 is 0. The van der Waals surface area contributed by atoms with Crippen molar-refractivity contribution >= 4 is 29.1 Å². The van der Waals surface area contributed by atoms with Crippen LogP contribution in [0.1, 0.15) is 25.8 Å². The van der Waals surface area contributed by atoms with Crippen LogP contribution in [0.25, 0.3) is 11.3 Å². The van der Waals surface area contributed by atoms with Gasteiger partial charge in [0.2, 0.25) is 5.95 Å². The zero-order valence-corrected chi connectivity index (χ0v) is 15.9. The molecule has 3 aromatic rings. The van der Waals surface area contributed by atoms with E-state index in [9.17, 15) is 0 Å². The number of anilines is 3. The lowest BCUT2D eigenvalue weighted by Gasteiger charge is -2.15. The third-order valence-electron chi connectivity index (χ3n) is 4.06. The number of pyridine rings is 1. The molecule has 2 N–H and O–H groups in total. The van der Waals surface area contributed by atoms with Crippen LogP contribution >= 0.6 is 11.6 Å².